The van der Waals surface area contributed by atoms with Crippen molar-refractivity contribution in [3.8, 4) is 0 Å². The molecule has 0 amide bonds. The first kappa shape index (κ1) is 11.6. The van der Waals surface area contributed by atoms with Crippen molar-refractivity contribution < 1.29 is 0 Å². The molecule has 0 aromatic carbocycles. The molecule has 1 aliphatic rings. The van der Waals surface area contributed by atoms with Crippen LogP contribution in [0, 0.1) is 5.92 Å². The SMILES string of the molecule is [NH]CCC1CCN(Cc2ccncc2)CC1. The average Bonchev–Trinajstić information content (AvgIpc) is 2.33. The fraction of sp³-hybridized carbons (Fsp3) is 0.615. The molecule has 1 N–H and O–H groups in total. The molecule has 0 saturated carbocycles. The lowest BCUT2D eigenvalue weighted by Gasteiger charge is -2.31. The van der Waals surface area contributed by atoms with Crippen LogP contribution < -0.4 is 5.73 Å². The third-order valence-corrected chi connectivity index (χ3v) is 3.42. The van der Waals surface area contributed by atoms with Crippen LogP contribution in [0.1, 0.15) is 24.8 Å². The summed E-state index contributed by atoms with van der Waals surface area (Å²) in [7, 11) is 0. The largest absolute Gasteiger partial charge is 0.299 e. The molecule has 1 aromatic heterocycles. The molecule has 1 aliphatic heterocycles. The molecule has 16 heavy (non-hydrogen) atoms. The monoisotopic (exact) mass is 218 g/mol. The van der Waals surface area contributed by atoms with Crippen LogP contribution in [-0.4, -0.2) is 29.5 Å². The molecule has 0 aliphatic carbocycles. The van der Waals surface area contributed by atoms with Gasteiger partial charge in [0, 0.05) is 25.5 Å². The summed E-state index contributed by atoms with van der Waals surface area (Å²) in [4.78, 5) is 6.55. The van der Waals surface area contributed by atoms with Gasteiger partial charge in [-0.05, 0) is 56.0 Å². The summed E-state index contributed by atoms with van der Waals surface area (Å²) in [6, 6.07) is 4.19. The summed E-state index contributed by atoms with van der Waals surface area (Å²) < 4.78 is 0. The lowest BCUT2D eigenvalue weighted by molar-refractivity contribution is 0.173. The number of piperidine rings is 1. The molecule has 2 rings (SSSR count). The van der Waals surface area contributed by atoms with E-state index in [0.29, 0.717) is 6.54 Å². The topological polar surface area (TPSA) is 39.9 Å². The molecule has 87 valence electrons. The highest BCUT2D eigenvalue weighted by Gasteiger charge is 2.18. The first-order valence-electron chi connectivity index (χ1n) is 6.14. The Balaban J connectivity index is 1.77. The lowest BCUT2D eigenvalue weighted by atomic mass is 9.93. The van der Waals surface area contributed by atoms with Crippen LogP contribution in [0.2, 0.25) is 0 Å². The van der Waals surface area contributed by atoms with Crippen molar-refractivity contribution in [2.75, 3.05) is 19.6 Å². The standard InChI is InChI=1S/C13H20N3/c14-6-1-12-4-9-16(10-5-12)11-13-2-7-15-8-3-13/h2-3,7-8,12,14H,1,4-6,9-11H2. The van der Waals surface area contributed by atoms with Gasteiger partial charge in [0.25, 0.3) is 0 Å². The van der Waals surface area contributed by atoms with Crippen LogP contribution in [0.3, 0.4) is 0 Å². The maximum atomic E-state index is 7.25. The van der Waals surface area contributed by atoms with Crippen molar-refractivity contribution >= 4 is 0 Å². The van der Waals surface area contributed by atoms with Gasteiger partial charge in [-0.3, -0.25) is 15.6 Å². The normalized spacial score (nSPS) is 18.8. The third kappa shape index (κ3) is 3.29. The Morgan fingerprint density at radius 2 is 1.94 bits per heavy atom. The Labute approximate surface area is 97.7 Å². The molecule has 2 heterocycles. The number of hydrogen-bond donors (Lipinski definition) is 0. The zero-order chi connectivity index (χ0) is 11.2. The van der Waals surface area contributed by atoms with Crippen LogP contribution in [0.5, 0.6) is 0 Å². The van der Waals surface area contributed by atoms with Gasteiger partial charge in [0.2, 0.25) is 0 Å². The molecular formula is C13H20N3. The number of hydrogen-bond acceptors (Lipinski definition) is 2. The van der Waals surface area contributed by atoms with Crippen molar-refractivity contribution in [2.24, 2.45) is 5.92 Å². The summed E-state index contributed by atoms with van der Waals surface area (Å²) in [6.45, 7) is 4.02. The highest BCUT2D eigenvalue weighted by Crippen LogP contribution is 2.21. The van der Waals surface area contributed by atoms with E-state index in [1.165, 1.54) is 31.5 Å². The fourth-order valence-corrected chi connectivity index (χ4v) is 2.38. The number of likely N-dealkylation sites (tertiary alicyclic amines) is 1. The molecule has 1 saturated heterocycles. The zero-order valence-electron chi connectivity index (χ0n) is 9.73. The lowest BCUT2D eigenvalue weighted by Crippen LogP contribution is -2.33. The van der Waals surface area contributed by atoms with Crippen molar-refractivity contribution in [3.63, 3.8) is 0 Å². The highest BCUT2D eigenvalue weighted by atomic mass is 15.1. The number of nitrogens with one attached hydrogen (secondary N) is 1. The van der Waals surface area contributed by atoms with E-state index < -0.39 is 0 Å². The van der Waals surface area contributed by atoms with E-state index in [1.54, 1.807) is 0 Å². The summed E-state index contributed by atoms with van der Waals surface area (Å²) >= 11 is 0. The Morgan fingerprint density at radius 3 is 2.56 bits per heavy atom. The van der Waals surface area contributed by atoms with Gasteiger partial charge in [-0.2, -0.15) is 0 Å². The quantitative estimate of drug-likeness (QED) is 0.775. The second-order valence-electron chi connectivity index (χ2n) is 4.61. The predicted octanol–water partition coefficient (Wildman–Crippen LogP) is 1.97. The number of aromatic nitrogens is 1. The van der Waals surface area contributed by atoms with Crippen LogP contribution >= 0.6 is 0 Å². The predicted molar refractivity (Wildman–Crippen MR) is 64.8 cm³/mol. The summed E-state index contributed by atoms with van der Waals surface area (Å²) in [5.74, 6) is 0.797. The van der Waals surface area contributed by atoms with Crippen molar-refractivity contribution in [3.05, 3.63) is 30.1 Å². The Bertz CT molecular complexity index is 291. The van der Waals surface area contributed by atoms with Crippen LogP contribution in [0.4, 0.5) is 0 Å². The summed E-state index contributed by atoms with van der Waals surface area (Å²) in [5.41, 5.74) is 8.60. The van der Waals surface area contributed by atoms with E-state index in [9.17, 15) is 0 Å². The third-order valence-electron chi connectivity index (χ3n) is 3.42. The van der Waals surface area contributed by atoms with Crippen LogP contribution in [0.25, 0.3) is 0 Å². The molecule has 0 unspecified atom stereocenters. The maximum Gasteiger partial charge on any atom is 0.0271 e. The van der Waals surface area contributed by atoms with Crippen LogP contribution in [-0.2, 0) is 6.54 Å². The smallest absolute Gasteiger partial charge is 0.0271 e. The van der Waals surface area contributed by atoms with Gasteiger partial charge in [0.1, 0.15) is 0 Å². The second kappa shape index (κ2) is 5.97. The minimum Gasteiger partial charge on any atom is -0.299 e. The molecule has 1 aromatic rings. The first-order chi connectivity index (χ1) is 7.88. The molecule has 1 radical (unpaired) electrons. The Hall–Kier alpha value is -0.930. The highest BCUT2D eigenvalue weighted by molar-refractivity contribution is 5.09. The molecule has 3 heteroatoms. The van der Waals surface area contributed by atoms with Gasteiger partial charge >= 0.3 is 0 Å². The molecular weight excluding hydrogens is 198 g/mol. The zero-order valence-corrected chi connectivity index (χ0v) is 9.73. The number of pyridine rings is 1. The minimum absolute atomic E-state index is 0.592. The van der Waals surface area contributed by atoms with Gasteiger partial charge in [-0.15, -0.1) is 0 Å². The van der Waals surface area contributed by atoms with Gasteiger partial charge in [0.05, 0.1) is 0 Å². The molecule has 0 spiro atoms. The van der Waals surface area contributed by atoms with E-state index in [4.69, 9.17) is 5.73 Å². The van der Waals surface area contributed by atoms with E-state index in [1.807, 2.05) is 12.4 Å². The first-order valence-corrected chi connectivity index (χ1v) is 6.14. The maximum absolute atomic E-state index is 7.25. The van der Waals surface area contributed by atoms with Gasteiger partial charge in [-0.25, -0.2) is 0 Å². The molecule has 1 fully saturated rings. The van der Waals surface area contributed by atoms with Gasteiger partial charge in [0.15, 0.2) is 0 Å². The summed E-state index contributed by atoms with van der Waals surface area (Å²) in [5, 5.41) is 0. The van der Waals surface area contributed by atoms with Gasteiger partial charge in [-0.1, -0.05) is 0 Å². The number of rotatable bonds is 4. The van der Waals surface area contributed by atoms with Crippen LogP contribution in [0.15, 0.2) is 24.5 Å². The fourth-order valence-electron chi connectivity index (χ4n) is 2.38. The molecule has 3 nitrogen and oxygen atoms in total. The number of nitrogens with zero attached hydrogens (tertiary/aromatic N) is 2. The molecule has 0 bridgehead atoms. The Morgan fingerprint density at radius 1 is 1.25 bits per heavy atom. The molecule has 0 atom stereocenters. The second-order valence-corrected chi connectivity index (χ2v) is 4.61. The van der Waals surface area contributed by atoms with Crippen molar-refractivity contribution in [1.29, 1.82) is 0 Å². The van der Waals surface area contributed by atoms with Gasteiger partial charge < -0.3 is 0 Å². The summed E-state index contributed by atoms with van der Waals surface area (Å²) in [6.07, 6.45) is 7.35. The Kier molecular flexibility index (Phi) is 4.31. The van der Waals surface area contributed by atoms with E-state index in [0.717, 1.165) is 18.9 Å². The average molecular weight is 218 g/mol. The van der Waals surface area contributed by atoms with E-state index >= 15 is 0 Å². The minimum atomic E-state index is 0.592. The van der Waals surface area contributed by atoms with Crippen molar-refractivity contribution in [2.45, 2.75) is 25.8 Å². The van der Waals surface area contributed by atoms with E-state index in [2.05, 4.69) is 22.0 Å². The van der Waals surface area contributed by atoms with E-state index in [-0.39, 0.29) is 0 Å². The van der Waals surface area contributed by atoms with Crippen molar-refractivity contribution in [1.82, 2.24) is 15.6 Å².